The lowest BCUT2D eigenvalue weighted by molar-refractivity contribution is 0.0472. The molecular weight excluding hydrogens is 370 g/mol. The Morgan fingerprint density at radius 1 is 1.07 bits per heavy atom. The van der Waals surface area contributed by atoms with E-state index in [1.165, 1.54) is 23.1 Å². The summed E-state index contributed by atoms with van der Waals surface area (Å²) in [6.07, 6.45) is 0.552. The van der Waals surface area contributed by atoms with Crippen molar-refractivity contribution in [3.8, 4) is 0 Å². The highest BCUT2D eigenvalue weighted by atomic mass is 35.5. The van der Waals surface area contributed by atoms with Crippen molar-refractivity contribution < 1.29 is 23.9 Å². The minimum atomic E-state index is -0.573. The van der Waals surface area contributed by atoms with E-state index in [-0.39, 0.29) is 30.2 Å². The van der Waals surface area contributed by atoms with Crippen LogP contribution in [0.4, 0.5) is 0 Å². The molecule has 7 heteroatoms. The second-order valence-electron chi connectivity index (χ2n) is 6.07. The van der Waals surface area contributed by atoms with Crippen LogP contribution in [-0.2, 0) is 16.1 Å². The first kappa shape index (κ1) is 19.1. The van der Waals surface area contributed by atoms with Gasteiger partial charge in [0.2, 0.25) is 0 Å². The van der Waals surface area contributed by atoms with E-state index in [1.54, 1.807) is 31.4 Å². The number of amides is 2. The summed E-state index contributed by atoms with van der Waals surface area (Å²) in [6.45, 7) is 0.787. The standard InChI is InChI=1S/C20H18ClNO5/c1-26-9-3-8-22-18(23)16-7-6-14(11-17(16)19(22)24)20(25)27-12-13-4-2-5-15(21)10-13/h2,4-7,10-11H,3,8-9,12H2,1H3. The molecule has 0 spiro atoms. The van der Waals surface area contributed by atoms with Gasteiger partial charge in [-0.15, -0.1) is 0 Å². The fraction of sp³-hybridized carbons (Fsp3) is 0.250. The van der Waals surface area contributed by atoms with E-state index >= 15 is 0 Å². The average Bonchev–Trinajstić information content (AvgIpc) is 2.90. The first-order valence-electron chi connectivity index (χ1n) is 8.42. The lowest BCUT2D eigenvalue weighted by Crippen LogP contribution is -2.31. The number of halogens is 1. The van der Waals surface area contributed by atoms with E-state index in [4.69, 9.17) is 21.1 Å². The van der Waals surface area contributed by atoms with Crippen molar-refractivity contribution in [2.75, 3.05) is 20.3 Å². The highest BCUT2D eigenvalue weighted by molar-refractivity contribution is 6.30. The monoisotopic (exact) mass is 387 g/mol. The number of carbonyl (C=O) groups is 3. The Balaban J connectivity index is 1.70. The Morgan fingerprint density at radius 3 is 2.59 bits per heavy atom. The Labute approximate surface area is 161 Å². The molecule has 140 valence electrons. The molecule has 0 saturated heterocycles. The number of hydrogen-bond acceptors (Lipinski definition) is 5. The van der Waals surface area contributed by atoms with Crippen LogP contribution < -0.4 is 0 Å². The summed E-state index contributed by atoms with van der Waals surface area (Å²) in [4.78, 5) is 38.3. The van der Waals surface area contributed by atoms with Gasteiger partial charge in [-0.05, 0) is 42.3 Å². The van der Waals surface area contributed by atoms with Gasteiger partial charge in [-0.1, -0.05) is 23.7 Å². The predicted molar refractivity (Wildman–Crippen MR) is 98.9 cm³/mol. The number of rotatable bonds is 7. The molecule has 0 bridgehead atoms. The van der Waals surface area contributed by atoms with Crippen molar-refractivity contribution in [1.82, 2.24) is 4.90 Å². The molecule has 1 aliphatic heterocycles. The van der Waals surface area contributed by atoms with Gasteiger partial charge in [-0.3, -0.25) is 14.5 Å². The van der Waals surface area contributed by atoms with Crippen LogP contribution in [0.25, 0.3) is 0 Å². The van der Waals surface area contributed by atoms with E-state index in [9.17, 15) is 14.4 Å². The maximum absolute atomic E-state index is 12.5. The van der Waals surface area contributed by atoms with E-state index in [1.807, 2.05) is 0 Å². The molecular formula is C20H18ClNO5. The number of hydrogen-bond donors (Lipinski definition) is 0. The molecule has 3 rings (SSSR count). The molecule has 0 radical (unpaired) electrons. The fourth-order valence-corrected chi connectivity index (χ4v) is 3.06. The van der Waals surface area contributed by atoms with Crippen LogP contribution in [0.3, 0.4) is 0 Å². The minimum absolute atomic E-state index is 0.0620. The van der Waals surface area contributed by atoms with Crippen LogP contribution in [-0.4, -0.2) is 42.9 Å². The Morgan fingerprint density at radius 2 is 1.85 bits per heavy atom. The molecule has 1 heterocycles. The zero-order valence-corrected chi connectivity index (χ0v) is 15.5. The predicted octanol–water partition coefficient (Wildman–Crippen LogP) is 3.33. The number of nitrogens with zero attached hydrogens (tertiary/aromatic N) is 1. The Bertz CT molecular complexity index is 896. The lowest BCUT2D eigenvalue weighted by atomic mass is 10.1. The maximum atomic E-state index is 12.5. The first-order valence-corrected chi connectivity index (χ1v) is 8.80. The lowest BCUT2D eigenvalue weighted by Gasteiger charge is -2.12. The molecule has 1 aliphatic rings. The third kappa shape index (κ3) is 4.18. The van der Waals surface area contributed by atoms with Gasteiger partial charge in [-0.2, -0.15) is 0 Å². The van der Waals surface area contributed by atoms with Gasteiger partial charge in [0.25, 0.3) is 11.8 Å². The molecule has 0 unspecified atom stereocenters. The highest BCUT2D eigenvalue weighted by Crippen LogP contribution is 2.24. The maximum Gasteiger partial charge on any atom is 0.338 e. The molecule has 0 N–H and O–H groups in total. The van der Waals surface area contributed by atoms with Crippen LogP contribution >= 0.6 is 11.6 Å². The third-order valence-electron chi connectivity index (χ3n) is 4.20. The molecule has 2 amide bonds. The van der Waals surface area contributed by atoms with Crippen LogP contribution in [0.15, 0.2) is 42.5 Å². The minimum Gasteiger partial charge on any atom is -0.457 e. The first-order chi connectivity index (χ1) is 13.0. The van der Waals surface area contributed by atoms with Crippen LogP contribution in [0.5, 0.6) is 0 Å². The van der Waals surface area contributed by atoms with Crippen molar-refractivity contribution in [3.05, 3.63) is 69.7 Å². The number of imide groups is 1. The fourth-order valence-electron chi connectivity index (χ4n) is 2.85. The quantitative estimate of drug-likeness (QED) is 0.414. The molecule has 0 saturated carbocycles. The van der Waals surface area contributed by atoms with Gasteiger partial charge in [-0.25, -0.2) is 4.79 Å². The van der Waals surface area contributed by atoms with Gasteiger partial charge in [0.05, 0.1) is 16.7 Å². The second kappa shape index (κ2) is 8.33. The van der Waals surface area contributed by atoms with Crippen molar-refractivity contribution in [1.29, 1.82) is 0 Å². The average molecular weight is 388 g/mol. The molecule has 0 fully saturated rings. The van der Waals surface area contributed by atoms with Gasteiger partial charge in [0.1, 0.15) is 6.61 Å². The largest absolute Gasteiger partial charge is 0.457 e. The van der Waals surface area contributed by atoms with Crippen LogP contribution in [0, 0.1) is 0 Å². The number of methoxy groups -OCH3 is 1. The van der Waals surface area contributed by atoms with Crippen LogP contribution in [0.2, 0.25) is 5.02 Å². The van der Waals surface area contributed by atoms with Crippen molar-refractivity contribution in [3.63, 3.8) is 0 Å². The van der Waals surface area contributed by atoms with Gasteiger partial charge < -0.3 is 9.47 Å². The second-order valence-corrected chi connectivity index (χ2v) is 6.51. The van der Waals surface area contributed by atoms with Crippen molar-refractivity contribution >= 4 is 29.4 Å². The molecule has 0 aliphatic carbocycles. The summed E-state index contributed by atoms with van der Waals surface area (Å²) in [5.74, 6) is -1.34. The van der Waals surface area contributed by atoms with Gasteiger partial charge in [0.15, 0.2) is 0 Å². The molecule has 0 atom stereocenters. The summed E-state index contributed by atoms with van der Waals surface area (Å²) < 4.78 is 10.2. The Kier molecular flexibility index (Phi) is 5.88. The van der Waals surface area contributed by atoms with Crippen molar-refractivity contribution in [2.45, 2.75) is 13.0 Å². The molecule has 0 aromatic heterocycles. The van der Waals surface area contributed by atoms with Crippen LogP contribution in [0.1, 0.15) is 43.1 Å². The zero-order chi connectivity index (χ0) is 19.4. The summed E-state index contributed by atoms with van der Waals surface area (Å²) in [7, 11) is 1.56. The zero-order valence-electron chi connectivity index (χ0n) is 14.7. The molecule has 6 nitrogen and oxygen atoms in total. The number of fused-ring (bicyclic) bond motifs is 1. The molecule has 27 heavy (non-hydrogen) atoms. The molecule has 2 aromatic carbocycles. The summed E-state index contributed by atoms with van der Waals surface area (Å²) in [6, 6.07) is 11.4. The number of benzene rings is 2. The van der Waals surface area contributed by atoms with Gasteiger partial charge >= 0.3 is 5.97 Å². The topological polar surface area (TPSA) is 72.9 Å². The number of esters is 1. The number of carbonyl (C=O) groups excluding carboxylic acids is 3. The van der Waals surface area contributed by atoms with E-state index in [2.05, 4.69) is 0 Å². The number of ether oxygens (including phenoxy) is 2. The summed E-state index contributed by atoms with van der Waals surface area (Å²) in [5.41, 5.74) is 1.49. The third-order valence-corrected chi connectivity index (χ3v) is 4.43. The SMILES string of the molecule is COCCCN1C(=O)c2ccc(C(=O)OCc3cccc(Cl)c3)cc2C1=O. The summed E-state index contributed by atoms with van der Waals surface area (Å²) >= 11 is 5.91. The molecule has 2 aromatic rings. The normalized spacial score (nSPS) is 13.0. The van der Waals surface area contributed by atoms with E-state index in [0.29, 0.717) is 23.6 Å². The van der Waals surface area contributed by atoms with Crippen molar-refractivity contribution in [2.24, 2.45) is 0 Å². The van der Waals surface area contributed by atoms with E-state index < -0.39 is 11.9 Å². The van der Waals surface area contributed by atoms with E-state index in [0.717, 1.165) is 5.56 Å². The van der Waals surface area contributed by atoms with Gasteiger partial charge in [0, 0.05) is 25.3 Å². The Hall–Kier alpha value is -2.70. The highest BCUT2D eigenvalue weighted by Gasteiger charge is 2.35. The smallest absolute Gasteiger partial charge is 0.338 e. The summed E-state index contributed by atoms with van der Waals surface area (Å²) in [5, 5.41) is 0.554.